The van der Waals surface area contributed by atoms with Crippen LogP contribution in [0, 0.1) is 12.3 Å². The molecule has 1 amide bonds. The molecule has 0 spiro atoms. The Morgan fingerprint density at radius 1 is 1.26 bits per heavy atom. The number of likely N-dealkylation sites (tertiary alicyclic amines) is 1. The summed E-state index contributed by atoms with van der Waals surface area (Å²) in [5.74, 6) is -0.548. The lowest BCUT2D eigenvalue weighted by Crippen LogP contribution is -2.58. The summed E-state index contributed by atoms with van der Waals surface area (Å²) >= 11 is 0. The molecule has 0 aliphatic carbocycles. The predicted molar refractivity (Wildman–Crippen MR) is 130 cm³/mol. The Balaban J connectivity index is 1.76. The van der Waals surface area contributed by atoms with E-state index >= 15 is 0 Å². The number of carbonyl (C=O) groups is 1. The van der Waals surface area contributed by atoms with Crippen molar-refractivity contribution in [1.29, 1.82) is 5.41 Å². The summed E-state index contributed by atoms with van der Waals surface area (Å²) in [6.45, 7) is 2.25. The lowest BCUT2D eigenvalue weighted by atomic mass is 10.0. The Bertz CT molecular complexity index is 1140. The van der Waals surface area contributed by atoms with Crippen LogP contribution in [0.1, 0.15) is 29.5 Å². The monoisotopic (exact) mass is 489 g/mol. The highest BCUT2D eigenvalue weighted by Crippen LogP contribution is 2.33. The van der Waals surface area contributed by atoms with E-state index in [4.69, 9.17) is 15.9 Å². The van der Waals surface area contributed by atoms with Gasteiger partial charge in [0, 0.05) is 12.1 Å². The van der Waals surface area contributed by atoms with E-state index in [-0.39, 0.29) is 35.5 Å². The van der Waals surface area contributed by atoms with Crippen LogP contribution < -0.4 is 20.5 Å². The zero-order valence-corrected chi connectivity index (χ0v) is 20.1. The molecule has 10 nitrogen and oxygen atoms in total. The largest absolute Gasteiger partial charge is 0.494 e. The number of ether oxygens (including phenoxy) is 1. The molecule has 1 unspecified atom stereocenters. The van der Waals surface area contributed by atoms with Crippen LogP contribution in [-0.2, 0) is 27.0 Å². The van der Waals surface area contributed by atoms with Crippen LogP contribution in [-0.4, -0.2) is 56.2 Å². The number of nitrogens with zero attached hydrogens (tertiary/aromatic N) is 1. The topological polar surface area (TPSA) is 158 Å². The summed E-state index contributed by atoms with van der Waals surface area (Å²) < 4.78 is 33.5. The summed E-state index contributed by atoms with van der Waals surface area (Å²) in [5.41, 5.74) is 7.69. The molecule has 0 aromatic heterocycles. The molecule has 1 fully saturated rings. The number of carbonyl (C=O) groups excluding carboxylic acids is 1. The quantitative estimate of drug-likeness (QED) is 0.276. The first kappa shape index (κ1) is 25.3. The van der Waals surface area contributed by atoms with E-state index in [1.807, 2.05) is 6.07 Å². The van der Waals surface area contributed by atoms with Gasteiger partial charge in [0.2, 0.25) is 15.9 Å². The molecule has 1 aliphatic heterocycles. The summed E-state index contributed by atoms with van der Waals surface area (Å²) in [4.78, 5) is 14.2. The minimum absolute atomic E-state index is 0.0768. The lowest BCUT2D eigenvalue weighted by molar-refractivity contribution is -0.123. The van der Waals surface area contributed by atoms with Crippen molar-refractivity contribution in [2.75, 3.05) is 18.4 Å². The van der Waals surface area contributed by atoms with Crippen molar-refractivity contribution in [3.05, 3.63) is 59.2 Å². The highest BCUT2D eigenvalue weighted by atomic mass is 32.2. The van der Waals surface area contributed by atoms with Gasteiger partial charge in [0.15, 0.2) is 5.96 Å². The third-order valence-electron chi connectivity index (χ3n) is 5.75. The van der Waals surface area contributed by atoms with E-state index in [0.29, 0.717) is 30.5 Å². The first-order chi connectivity index (χ1) is 16.1. The van der Waals surface area contributed by atoms with Crippen molar-refractivity contribution in [2.45, 2.75) is 44.2 Å². The molecule has 184 valence electrons. The van der Waals surface area contributed by atoms with E-state index in [1.54, 1.807) is 43.3 Å². The van der Waals surface area contributed by atoms with Gasteiger partial charge in [0.1, 0.15) is 12.0 Å². The Kier molecular flexibility index (Phi) is 8.00. The number of aliphatic hydroxyl groups excluding tert-OH is 1. The molecular formula is C23H31N5O5S. The van der Waals surface area contributed by atoms with E-state index in [9.17, 15) is 18.3 Å². The third kappa shape index (κ3) is 6.17. The molecule has 1 saturated heterocycles. The average Bonchev–Trinajstić information content (AvgIpc) is 2.77. The number of hydrogen-bond acceptors (Lipinski definition) is 6. The van der Waals surface area contributed by atoms with Crippen molar-refractivity contribution in [3.63, 3.8) is 0 Å². The fourth-order valence-corrected chi connectivity index (χ4v) is 5.26. The van der Waals surface area contributed by atoms with Gasteiger partial charge in [0.05, 0.1) is 31.0 Å². The van der Waals surface area contributed by atoms with Crippen molar-refractivity contribution in [2.24, 2.45) is 5.73 Å². The number of nitrogens with one attached hydrogen (secondary N) is 3. The van der Waals surface area contributed by atoms with Gasteiger partial charge in [-0.15, -0.1) is 0 Å². The number of benzene rings is 2. The Morgan fingerprint density at radius 2 is 1.97 bits per heavy atom. The van der Waals surface area contributed by atoms with Crippen molar-refractivity contribution >= 4 is 27.6 Å². The second-order valence-electron chi connectivity index (χ2n) is 8.27. The van der Waals surface area contributed by atoms with Crippen LogP contribution in [0.4, 0.5) is 5.69 Å². The predicted octanol–water partition coefficient (Wildman–Crippen LogP) is 1.28. The van der Waals surface area contributed by atoms with E-state index in [2.05, 4.69) is 10.0 Å². The number of sulfonamides is 1. The standard InChI is InChI=1S/C23H31N5O5S/c1-15-10-11-18(27-34(31,32)14-16-7-4-3-5-8-16)21(33-2)17(15)13-20(29)26-19-9-6-12-28(22(19)30)23(24)25/h3-5,7-8,10-11,19,22,27,30H,6,9,12-14H2,1-2H3,(H3,24,25)(H,26,29)/t19-,22?/m1/s1. The fraction of sp³-hybridized carbons (Fsp3) is 0.391. The molecule has 2 aromatic carbocycles. The average molecular weight is 490 g/mol. The molecule has 2 aromatic rings. The zero-order valence-electron chi connectivity index (χ0n) is 19.2. The number of aliphatic hydroxyl groups is 1. The van der Waals surface area contributed by atoms with Gasteiger partial charge in [-0.3, -0.25) is 14.9 Å². The first-order valence-electron chi connectivity index (χ1n) is 10.9. The van der Waals surface area contributed by atoms with E-state index in [1.165, 1.54) is 12.0 Å². The number of piperidine rings is 1. The molecule has 0 radical (unpaired) electrons. The molecule has 34 heavy (non-hydrogen) atoms. The Hall–Kier alpha value is -3.31. The minimum atomic E-state index is -3.72. The molecule has 0 bridgehead atoms. The van der Waals surface area contributed by atoms with Gasteiger partial charge in [-0.1, -0.05) is 36.4 Å². The number of nitrogens with two attached hydrogens (primary N) is 1. The molecule has 0 saturated carbocycles. The lowest BCUT2D eigenvalue weighted by Gasteiger charge is -2.38. The SMILES string of the molecule is COc1c(NS(=O)(=O)Cc2ccccc2)ccc(C)c1CC(=O)N[C@@H]1CCCN(C(=N)N)C1O. The van der Waals surface area contributed by atoms with Gasteiger partial charge in [0.25, 0.3) is 0 Å². The molecule has 6 N–H and O–H groups in total. The number of methoxy groups -OCH3 is 1. The van der Waals surface area contributed by atoms with Crippen LogP contribution in [0.5, 0.6) is 5.75 Å². The van der Waals surface area contributed by atoms with Crippen LogP contribution in [0.15, 0.2) is 42.5 Å². The molecule has 11 heteroatoms. The van der Waals surface area contributed by atoms with Gasteiger partial charge >= 0.3 is 0 Å². The van der Waals surface area contributed by atoms with Gasteiger partial charge in [-0.05, 0) is 37.0 Å². The zero-order chi connectivity index (χ0) is 24.9. The number of amides is 1. The summed E-state index contributed by atoms with van der Waals surface area (Å²) in [7, 11) is -2.31. The maximum absolute atomic E-state index is 12.8. The van der Waals surface area contributed by atoms with Gasteiger partial charge in [-0.2, -0.15) is 0 Å². The van der Waals surface area contributed by atoms with Crippen molar-refractivity contribution in [3.8, 4) is 5.75 Å². The maximum Gasteiger partial charge on any atom is 0.237 e. The van der Waals surface area contributed by atoms with Gasteiger partial charge in [-0.25, -0.2) is 8.42 Å². The molecular weight excluding hydrogens is 458 g/mol. The smallest absolute Gasteiger partial charge is 0.237 e. The molecule has 1 heterocycles. The van der Waals surface area contributed by atoms with Crippen LogP contribution in [0.3, 0.4) is 0 Å². The molecule has 1 aliphatic rings. The number of rotatable bonds is 8. The summed E-state index contributed by atoms with van der Waals surface area (Å²) in [6, 6.07) is 11.6. The van der Waals surface area contributed by atoms with Crippen LogP contribution >= 0.6 is 0 Å². The number of guanidine groups is 1. The van der Waals surface area contributed by atoms with Crippen molar-refractivity contribution < 1.29 is 23.1 Å². The second kappa shape index (κ2) is 10.7. The highest BCUT2D eigenvalue weighted by molar-refractivity contribution is 7.91. The number of anilines is 1. The highest BCUT2D eigenvalue weighted by Gasteiger charge is 2.32. The Labute approximate surface area is 199 Å². The normalized spacial score (nSPS) is 18.3. The molecule has 3 rings (SSSR count). The third-order valence-corrected chi connectivity index (χ3v) is 6.99. The minimum Gasteiger partial charge on any atom is -0.494 e. The van der Waals surface area contributed by atoms with E-state index < -0.39 is 22.3 Å². The second-order valence-corrected chi connectivity index (χ2v) is 10.00. The van der Waals surface area contributed by atoms with E-state index in [0.717, 1.165) is 5.56 Å². The van der Waals surface area contributed by atoms with Gasteiger partial charge < -0.3 is 25.8 Å². The number of aryl methyl sites for hydroxylation is 1. The maximum atomic E-state index is 12.8. The summed E-state index contributed by atoms with van der Waals surface area (Å²) in [5, 5.41) is 20.8. The molecule has 2 atom stereocenters. The van der Waals surface area contributed by atoms with Crippen LogP contribution in [0.25, 0.3) is 0 Å². The first-order valence-corrected chi connectivity index (χ1v) is 12.6. The Morgan fingerprint density at radius 3 is 2.62 bits per heavy atom. The van der Waals surface area contributed by atoms with Crippen molar-refractivity contribution in [1.82, 2.24) is 10.2 Å². The summed E-state index contributed by atoms with van der Waals surface area (Å²) in [6.07, 6.45) is 0.0516. The fourth-order valence-electron chi connectivity index (χ4n) is 4.06. The van der Waals surface area contributed by atoms with Crippen LogP contribution in [0.2, 0.25) is 0 Å². The number of hydrogen-bond donors (Lipinski definition) is 5.